The summed E-state index contributed by atoms with van der Waals surface area (Å²) in [4.78, 5) is 35.3. The third-order valence-electron chi connectivity index (χ3n) is 3.48. The zero-order chi connectivity index (χ0) is 19.2. The Morgan fingerprint density at radius 2 is 1.89 bits per heavy atom. The van der Waals surface area contributed by atoms with Crippen molar-refractivity contribution in [2.45, 2.75) is 13.1 Å². The maximum absolute atomic E-state index is 12.9. The minimum absolute atomic E-state index is 0.0380. The van der Waals surface area contributed by atoms with Gasteiger partial charge in [-0.15, -0.1) is 5.10 Å². The second-order valence-electron chi connectivity index (χ2n) is 5.47. The molecule has 10 heteroatoms. The highest BCUT2D eigenvalue weighted by Gasteiger charge is 2.14. The van der Waals surface area contributed by atoms with E-state index >= 15 is 0 Å². The normalized spacial score (nSPS) is 10.6. The highest BCUT2D eigenvalue weighted by molar-refractivity contribution is 5.84. The molecule has 0 saturated carbocycles. The molecular weight excluding hydrogens is 359 g/mol. The second kappa shape index (κ2) is 8.13. The molecular formula is C17H15FN4O5. The van der Waals surface area contributed by atoms with Crippen LogP contribution >= 0.6 is 0 Å². The summed E-state index contributed by atoms with van der Waals surface area (Å²) in [6.07, 6.45) is 1.49. The van der Waals surface area contributed by atoms with Crippen molar-refractivity contribution >= 4 is 11.8 Å². The molecule has 3 rings (SSSR count). The number of hydrogen-bond acceptors (Lipinski definition) is 6. The molecule has 27 heavy (non-hydrogen) atoms. The summed E-state index contributed by atoms with van der Waals surface area (Å²) in [5, 5.41) is 8.83. The Labute approximate surface area is 151 Å². The van der Waals surface area contributed by atoms with Gasteiger partial charge in [0.25, 0.3) is 0 Å². The first-order valence-corrected chi connectivity index (χ1v) is 7.91. The molecule has 0 aliphatic rings. The van der Waals surface area contributed by atoms with Crippen LogP contribution in [0.4, 0.5) is 4.39 Å². The molecule has 0 radical (unpaired) electrons. The van der Waals surface area contributed by atoms with Crippen LogP contribution < -0.4 is 16.4 Å². The summed E-state index contributed by atoms with van der Waals surface area (Å²) >= 11 is 0. The summed E-state index contributed by atoms with van der Waals surface area (Å²) in [5.74, 6) is -1.75. The molecule has 0 fully saturated rings. The molecule has 3 aromatic rings. The number of nitrogens with zero attached hydrogens (tertiary/aromatic N) is 2. The van der Waals surface area contributed by atoms with Gasteiger partial charge in [0.1, 0.15) is 18.1 Å². The predicted molar refractivity (Wildman–Crippen MR) is 89.7 cm³/mol. The molecule has 0 atom stereocenters. The van der Waals surface area contributed by atoms with Gasteiger partial charge in [-0.3, -0.25) is 9.59 Å². The first kappa shape index (κ1) is 18.1. The van der Waals surface area contributed by atoms with E-state index in [1.165, 1.54) is 30.5 Å². The van der Waals surface area contributed by atoms with Gasteiger partial charge in [0.2, 0.25) is 17.7 Å². The van der Waals surface area contributed by atoms with Crippen molar-refractivity contribution in [3.05, 3.63) is 64.8 Å². The van der Waals surface area contributed by atoms with Gasteiger partial charge >= 0.3 is 5.76 Å². The van der Waals surface area contributed by atoms with Crippen molar-refractivity contribution in [3.8, 4) is 11.5 Å². The zero-order valence-electron chi connectivity index (χ0n) is 14.0. The standard InChI is InChI=1S/C17H15FN4O5/c18-12-5-3-11(4-6-12)16-21-22(17(25)27-16)10-15(24)20-9-14(23)19-8-13-2-1-7-26-13/h1-7H,8-10H2,(H,19,23)(H,20,24). The Bertz CT molecular complexity index is 976. The minimum atomic E-state index is -0.841. The average Bonchev–Trinajstić information content (AvgIpc) is 3.29. The first-order valence-electron chi connectivity index (χ1n) is 7.91. The van der Waals surface area contributed by atoms with Crippen molar-refractivity contribution in [1.82, 2.24) is 20.4 Å². The van der Waals surface area contributed by atoms with Crippen LogP contribution in [0.25, 0.3) is 11.5 Å². The van der Waals surface area contributed by atoms with E-state index in [0.717, 1.165) is 4.68 Å². The molecule has 0 spiro atoms. The summed E-state index contributed by atoms with van der Waals surface area (Å²) in [7, 11) is 0. The van der Waals surface area contributed by atoms with Crippen LogP contribution in [0.5, 0.6) is 0 Å². The van der Waals surface area contributed by atoms with Gasteiger partial charge in [0.15, 0.2) is 0 Å². The van der Waals surface area contributed by atoms with Gasteiger partial charge in [-0.05, 0) is 36.4 Å². The Balaban J connectivity index is 1.51. The lowest BCUT2D eigenvalue weighted by atomic mass is 10.2. The van der Waals surface area contributed by atoms with Crippen LogP contribution in [-0.4, -0.2) is 28.1 Å². The van der Waals surface area contributed by atoms with Crippen molar-refractivity contribution < 1.29 is 22.8 Å². The van der Waals surface area contributed by atoms with Crippen LogP contribution in [0.1, 0.15) is 5.76 Å². The SMILES string of the molecule is O=C(CNC(=O)Cn1nc(-c2ccc(F)cc2)oc1=O)NCc1ccco1. The molecule has 2 heterocycles. The number of amides is 2. The number of hydrogen-bond donors (Lipinski definition) is 2. The summed E-state index contributed by atoms with van der Waals surface area (Å²) < 4.78 is 23.8. The smallest absolute Gasteiger partial charge is 0.437 e. The molecule has 0 saturated heterocycles. The Morgan fingerprint density at radius 3 is 2.59 bits per heavy atom. The van der Waals surface area contributed by atoms with Gasteiger partial charge < -0.3 is 19.5 Å². The number of rotatable bonds is 7. The lowest BCUT2D eigenvalue weighted by Gasteiger charge is -2.05. The predicted octanol–water partition coefficient (Wildman–Crippen LogP) is 0.668. The Hall–Kier alpha value is -3.69. The molecule has 0 unspecified atom stereocenters. The van der Waals surface area contributed by atoms with E-state index in [4.69, 9.17) is 8.83 Å². The van der Waals surface area contributed by atoms with E-state index < -0.39 is 29.9 Å². The second-order valence-corrected chi connectivity index (χ2v) is 5.47. The highest BCUT2D eigenvalue weighted by Crippen LogP contribution is 2.15. The molecule has 0 aliphatic heterocycles. The van der Waals surface area contributed by atoms with Crippen molar-refractivity contribution in [1.29, 1.82) is 0 Å². The fourth-order valence-electron chi connectivity index (χ4n) is 2.15. The Kier molecular flexibility index (Phi) is 5.45. The maximum atomic E-state index is 12.9. The lowest BCUT2D eigenvalue weighted by Crippen LogP contribution is -2.39. The summed E-state index contributed by atoms with van der Waals surface area (Å²) in [6.45, 7) is -0.489. The molecule has 2 N–H and O–H groups in total. The molecule has 2 amide bonds. The van der Waals surface area contributed by atoms with E-state index in [1.807, 2.05) is 0 Å². The van der Waals surface area contributed by atoms with Crippen LogP contribution in [0.2, 0.25) is 0 Å². The molecule has 1 aromatic carbocycles. The topological polar surface area (TPSA) is 119 Å². The first-order chi connectivity index (χ1) is 13.0. The fraction of sp³-hybridized carbons (Fsp3) is 0.176. The van der Waals surface area contributed by atoms with Crippen molar-refractivity contribution in [2.75, 3.05) is 6.54 Å². The van der Waals surface area contributed by atoms with E-state index in [-0.39, 0.29) is 19.0 Å². The highest BCUT2D eigenvalue weighted by atomic mass is 19.1. The average molecular weight is 374 g/mol. The summed E-state index contributed by atoms with van der Waals surface area (Å²) in [6, 6.07) is 8.58. The number of furan rings is 1. The van der Waals surface area contributed by atoms with Gasteiger partial charge in [0, 0.05) is 5.56 Å². The Morgan fingerprint density at radius 1 is 1.11 bits per heavy atom. The van der Waals surface area contributed by atoms with E-state index in [0.29, 0.717) is 11.3 Å². The van der Waals surface area contributed by atoms with E-state index in [1.54, 1.807) is 12.1 Å². The molecule has 140 valence electrons. The minimum Gasteiger partial charge on any atom is -0.467 e. The van der Waals surface area contributed by atoms with Gasteiger partial charge in [-0.2, -0.15) is 4.68 Å². The fourth-order valence-corrected chi connectivity index (χ4v) is 2.15. The van der Waals surface area contributed by atoms with E-state index in [2.05, 4.69) is 15.7 Å². The van der Waals surface area contributed by atoms with Crippen molar-refractivity contribution in [3.63, 3.8) is 0 Å². The van der Waals surface area contributed by atoms with Crippen molar-refractivity contribution in [2.24, 2.45) is 0 Å². The summed E-state index contributed by atoms with van der Waals surface area (Å²) in [5.41, 5.74) is 0.393. The third-order valence-corrected chi connectivity index (χ3v) is 3.48. The molecule has 2 aromatic heterocycles. The maximum Gasteiger partial charge on any atom is 0.437 e. The van der Waals surface area contributed by atoms with Crippen LogP contribution in [0.3, 0.4) is 0 Å². The van der Waals surface area contributed by atoms with Crippen LogP contribution in [-0.2, 0) is 22.7 Å². The number of aromatic nitrogens is 2. The number of carbonyl (C=O) groups is 2. The van der Waals surface area contributed by atoms with Gasteiger partial charge in [0.05, 0.1) is 19.4 Å². The quantitative estimate of drug-likeness (QED) is 0.627. The molecule has 0 bridgehead atoms. The number of carbonyl (C=O) groups excluding carboxylic acids is 2. The third kappa shape index (κ3) is 4.91. The van der Waals surface area contributed by atoms with Gasteiger partial charge in [-0.25, -0.2) is 9.18 Å². The van der Waals surface area contributed by atoms with Gasteiger partial charge in [-0.1, -0.05) is 0 Å². The zero-order valence-corrected chi connectivity index (χ0v) is 14.0. The lowest BCUT2D eigenvalue weighted by molar-refractivity contribution is -0.126. The largest absolute Gasteiger partial charge is 0.467 e. The number of nitrogens with one attached hydrogen (secondary N) is 2. The van der Waals surface area contributed by atoms with E-state index in [9.17, 15) is 18.8 Å². The van der Waals surface area contributed by atoms with Crippen LogP contribution in [0.15, 0.2) is 56.3 Å². The molecule has 0 aliphatic carbocycles. The number of benzene rings is 1. The number of halogens is 1. The monoisotopic (exact) mass is 374 g/mol. The molecule has 9 nitrogen and oxygen atoms in total. The van der Waals surface area contributed by atoms with Crippen LogP contribution in [0, 0.1) is 5.82 Å².